The van der Waals surface area contributed by atoms with Crippen molar-refractivity contribution in [1.29, 1.82) is 0 Å². The number of ether oxygens (including phenoxy) is 1. The van der Waals surface area contributed by atoms with E-state index in [0.717, 1.165) is 23.6 Å². The van der Waals surface area contributed by atoms with Gasteiger partial charge in [-0.15, -0.1) is 12.4 Å². The van der Waals surface area contributed by atoms with Gasteiger partial charge in [-0.1, -0.05) is 6.07 Å². The van der Waals surface area contributed by atoms with Crippen molar-refractivity contribution in [2.45, 2.75) is 18.9 Å². The molecule has 98 valence electrons. The molecule has 2 atom stereocenters. The molecule has 3 saturated heterocycles. The zero-order chi connectivity index (χ0) is 11.2. The number of halogens is 1. The number of aromatic nitrogens is 1. The van der Waals surface area contributed by atoms with Crippen LogP contribution >= 0.6 is 12.4 Å². The van der Waals surface area contributed by atoms with E-state index in [9.17, 15) is 0 Å². The topological polar surface area (TPSA) is 25.4 Å². The highest BCUT2D eigenvalue weighted by molar-refractivity contribution is 5.85. The minimum Gasteiger partial charge on any atom is -0.474 e. The van der Waals surface area contributed by atoms with E-state index >= 15 is 0 Å². The molecule has 0 N–H and O–H groups in total. The fourth-order valence-electron chi connectivity index (χ4n) is 4.11. The van der Waals surface area contributed by atoms with Gasteiger partial charge in [0.15, 0.2) is 0 Å². The van der Waals surface area contributed by atoms with Gasteiger partial charge in [-0.2, -0.15) is 0 Å². The SMILES string of the molecule is Cl.c1ccc(OC2[C@H]3CC4C[C@H]2CN(C4)C3)nc1. The third-order valence-electron chi connectivity index (χ3n) is 4.60. The van der Waals surface area contributed by atoms with Crippen molar-refractivity contribution in [2.24, 2.45) is 17.8 Å². The zero-order valence-electron chi connectivity index (χ0n) is 10.4. The number of hydrogen-bond donors (Lipinski definition) is 0. The Hall–Kier alpha value is -0.800. The van der Waals surface area contributed by atoms with Crippen LogP contribution in [0.5, 0.6) is 5.88 Å². The monoisotopic (exact) mass is 266 g/mol. The highest BCUT2D eigenvalue weighted by Crippen LogP contribution is 2.44. The van der Waals surface area contributed by atoms with Gasteiger partial charge in [-0.05, 0) is 24.8 Å². The van der Waals surface area contributed by atoms with Crippen LogP contribution in [0.2, 0.25) is 0 Å². The number of hydrogen-bond acceptors (Lipinski definition) is 3. The first-order valence-electron chi connectivity index (χ1n) is 6.68. The van der Waals surface area contributed by atoms with Gasteiger partial charge in [-0.25, -0.2) is 4.98 Å². The number of piperidine rings is 3. The quantitative estimate of drug-likeness (QED) is 0.821. The lowest BCUT2D eigenvalue weighted by molar-refractivity contribution is -0.0997. The summed E-state index contributed by atoms with van der Waals surface area (Å²) in [4.78, 5) is 6.92. The molecule has 3 aliphatic heterocycles. The molecule has 1 aromatic heterocycles. The van der Waals surface area contributed by atoms with Crippen LogP contribution in [0.15, 0.2) is 24.4 Å². The Bertz CT molecular complexity index is 384. The molecule has 4 heteroatoms. The molecule has 1 saturated carbocycles. The lowest BCUT2D eigenvalue weighted by atomic mass is 9.66. The van der Waals surface area contributed by atoms with Crippen molar-refractivity contribution in [3.8, 4) is 5.88 Å². The van der Waals surface area contributed by atoms with Crippen LogP contribution in [-0.2, 0) is 0 Å². The maximum Gasteiger partial charge on any atom is 0.213 e. The summed E-state index contributed by atoms with van der Waals surface area (Å²) in [7, 11) is 0. The summed E-state index contributed by atoms with van der Waals surface area (Å²) in [5.41, 5.74) is 0. The predicted molar refractivity (Wildman–Crippen MR) is 72.0 cm³/mol. The van der Waals surface area contributed by atoms with Crippen LogP contribution < -0.4 is 4.74 Å². The van der Waals surface area contributed by atoms with E-state index in [2.05, 4.69) is 9.88 Å². The van der Waals surface area contributed by atoms with E-state index in [-0.39, 0.29) is 12.4 Å². The summed E-state index contributed by atoms with van der Waals surface area (Å²) < 4.78 is 6.15. The fraction of sp³-hybridized carbons (Fsp3) is 0.643. The Labute approximate surface area is 114 Å². The minimum absolute atomic E-state index is 0. The first-order chi connectivity index (χ1) is 8.38. The summed E-state index contributed by atoms with van der Waals surface area (Å²) >= 11 is 0. The van der Waals surface area contributed by atoms with Gasteiger partial charge in [0, 0.05) is 43.7 Å². The van der Waals surface area contributed by atoms with Crippen LogP contribution in [0.4, 0.5) is 0 Å². The van der Waals surface area contributed by atoms with Crippen LogP contribution in [0, 0.1) is 17.8 Å². The van der Waals surface area contributed by atoms with E-state index in [4.69, 9.17) is 4.74 Å². The summed E-state index contributed by atoms with van der Waals surface area (Å²) in [6.07, 6.45) is 4.96. The highest BCUT2D eigenvalue weighted by atomic mass is 35.5. The molecule has 1 aromatic rings. The van der Waals surface area contributed by atoms with E-state index in [1.165, 1.54) is 32.5 Å². The molecule has 4 heterocycles. The van der Waals surface area contributed by atoms with Gasteiger partial charge in [0.25, 0.3) is 0 Å². The van der Waals surface area contributed by atoms with Gasteiger partial charge in [0.05, 0.1) is 0 Å². The first-order valence-corrected chi connectivity index (χ1v) is 6.68. The van der Waals surface area contributed by atoms with Crippen LogP contribution in [-0.4, -0.2) is 35.6 Å². The lowest BCUT2D eigenvalue weighted by Crippen LogP contribution is -2.61. The molecule has 0 spiro atoms. The number of rotatable bonds is 2. The molecule has 0 aromatic carbocycles. The van der Waals surface area contributed by atoms with E-state index in [0.29, 0.717) is 6.10 Å². The van der Waals surface area contributed by atoms with E-state index in [1.807, 2.05) is 24.4 Å². The number of pyridine rings is 1. The maximum atomic E-state index is 6.15. The third-order valence-corrected chi connectivity index (χ3v) is 4.60. The first kappa shape index (κ1) is 12.2. The smallest absolute Gasteiger partial charge is 0.213 e. The van der Waals surface area contributed by atoms with E-state index in [1.54, 1.807) is 0 Å². The average Bonchev–Trinajstić information content (AvgIpc) is 2.34. The Morgan fingerprint density at radius 1 is 1.11 bits per heavy atom. The molecule has 0 radical (unpaired) electrons. The van der Waals surface area contributed by atoms with Crippen molar-refractivity contribution in [1.82, 2.24) is 9.88 Å². The van der Waals surface area contributed by atoms with Crippen molar-refractivity contribution in [3.05, 3.63) is 24.4 Å². The summed E-state index contributed by atoms with van der Waals surface area (Å²) in [5, 5.41) is 0. The second-order valence-corrected chi connectivity index (χ2v) is 5.83. The van der Waals surface area contributed by atoms with Crippen molar-refractivity contribution in [2.75, 3.05) is 19.6 Å². The molecule has 3 nitrogen and oxygen atoms in total. The lowest BCUT2D eigenvalue weighted by Gasteiger charge is -2.55. The Kier molecular flexibility index (Phi) is 3.20. The standard InChI is InChI=1S/C14H18N2O.ClH/c1-2-4-15-13(3-1)17-14-11-5-10-6-12(14)9-16(7-10)8-11;/h1-4,10-12,14H,5-9H2;1H/t10?,11-,12-,14?;/m0./s1. The molecule has 4 fully saturated rings. The molecule has 5 rings (SSSR count). The largest absolute Gasteiger partial charge is 0.474 e. The fourth-order valence-corrected chi connectivity index (χ4v) is 4.11. The van der Waals surface area contributed by atoms with E-state index < -0.39 is 0 Å². The molecule has 0 unspecified atom stereocenters. The zero-order valence-corrected chi connectivity index (χ0v) is 11.2. The molecular weight excluding hydrogens is 248 g/mol. The predicted octanol–water partition coefficient (Wildman–Crippen LogP) is 2.22. The van der Waals surface area contributed by atoms with Crippen LogP contribution in [0.25, 0.3) is 0 Å². The van der Waals surface area contributed by atoms with Crippen molar-refractivity contribution in [3.63, 3.8) is 0 Å². The van der Waals surface area contributed by atoms with Crippen LogP contribution in [0.1, 0.15) is 12.8 Å². The Morgan fingerprint density at radius 2 is 1.89 bits per heavy atom. The maximum absolute atomic E-state index is 6.15. The second-order valence-electron chi connectivity index (χ2n) is 5.83. The van der Waals surface area contributed by atoms with Gasteiger partial charge in [0.2, 0.25) is 5.88 Å². The van der Waals surface area contributed by atoms with Crippen LogP contribution in [0.3, 0.4) is 0 Å². The van der Waals surface area contributed by atoms with Gasteiger partial charge in [-0.3, -0.25) is 0 Å². The third kappa shape index (κ3) is 1.99. The summed E-state index contributed by atoms with van der Waals surface area (Å²) in [5.74, 6) is 3.22. The molecule has 1 aliphatic carbocycles. The van der Waals surface area contributed by atoms with Crippen molar-refractivity contribution < 1.29 is 4.74 Å². The molecular formula is C14H19ClN2O. The minimum atomic E-state index is 0. The second kappa shape index (κ2) is 4.71. The van der Waals surface area contributed by atoms with Gasteiger partial charge < -0.3 is 9.64 Å². The molecule has 4 bridgehead atoms. The molecule has 0 amide bonds. The Balaban J connectivity index is 0.000001000. The Morgan fingerprint density at radius 3 is 2.50 bits per heavy atom. The van der Waals surface area contributed by atoms with Gasteiger partial charge in [0.1, 0.15) is 6.10 Å². The summed E-state index contributed by atoms with van der Waals surface area (Å²) in [6.45, 7) is 3.82. The van der Waals surface area contributed by atoms with Gasteiger partial charge >= 0.3 is 0 Å². The molecule has 4 aliphatic rings. The number of nitrogens with zero attached hydrogens (tertiary/aromatic N) is 2. The summed E-state index contributed by atoms with van der Waals surface area (Å²) in [6, 6.07) is 5.92. The molecule has 18 heavy (non-hydrogen) atoms. The highest BCUT2D eigenvalue weighted by Gasteiger charge is 2.48. The van der Waals surface area contributed by atoms with Crippen molar-refractivity contribution >= 4 is 12.4 Å². The normalized spacial score (nSPS) is 40.3. The average molecular weight is 267 g/mol.